The molecular weight excluding hydrogens is 302 g/mol. The molecule has 1 aromatic rings. The van der Waals surface area contributed by atoms with Gasteiger partial charge in [0.05, 0.1) is 25.7 Å². The van der Waals surface area contributed by atoms with Crippen LogP contribution in [0.15, 0.2) is 16.5 Å². The van der Waals surface area contributed by atoms with Crippen LogP contribution in [0.25, 0.3) is 0 Å². The Morgan fingerprint density at radius 3 is 2.83 bits per heavy atom. The number of hydrogen-bond donors (Lipinski definition) is 2. The number of aliphatic hydroxyl groups is 1. The number of ether oxygens (including phenoxy) is 1. The van der Waals surface area contributed by atoms with Crippen LogP contribution in [-0.2, 0) is 9.53 Å². The molecule has 1 aromatic heterocycles. The van der Waals surface area contributed by atoms with E-state index in [1.165, 1.54) is 11.0 Å². The van der Waals surface area contributed by atoms with Crippen molar-refractivity contribution in [3.05, 3.63) is 23.7 Å². The van der Waals surface area contributed by atoms with Crippen molar-refractivity contribution in [3.63, 3.8) is 0 Å². The van der Waals surface area contributed by atoms with E-state index in [2.05, 4.69) is 11.8 Å². The number of furan rings is 1. The van der Waals surface area contributed by atoms with Gasteiger partial charge in [-0.3, -0.25) is 9.59 Å². The quantitative estimate of drug-likeness (QED) is 0.796. The lowest BCUT2D eigenvalue weighted by molar-refractivity contribution is -0.139. The van der Waals surface area contributed by atoms with E-state index in [1.807, 2.05) is 0 Å². The second-order valence-electron chi connectivity index (χ2n) is 5.80. The number of aliphatic carboxylic acids is 1. The Bertz CT molecular complexity index is 646. The molecule has 1 amide bonds. The first-order valence-electron chi connectivity index (χ1n) is 7.22. The maximum absolute atomic E-state index is 12.5. The third-order valence-electron chi connectivity index (χ3n) is 3.21. The third-order valence-corrected chi connectivity index (χ3v) is 3.21. The van der Waals surface area contributed by atoms with Crippen LogP contribution in [0.3, 0.4) is 0 Å². The lowest BCUT2D eigenvalue weighted by atomic mass is 10.1. The van der Waals surface area contributed by atoms with Crippen molar-refractivity contribution >= 4 is 11.9 Å². The summed E-state index contributed by atoms with van der Waals surface area (Å²) in [4.78, 5) is 24.8. The highest BCUT2D eigenvalue weighted by Gasteiger charge is 2.31. The van der Waals surface area contributed by atoms with Crippen molar-refractivity contribution in [1.82, 2.24) is 4.90 Å². The monoisotopic (exact) mass is 321 g/mol. The summed E-state index contributed by atoms with van der Waals surface area (Å²) in [6, 6.07) is 2.51. The average molecular weight is 321 g/mol. The Balaban J connectivity index is 2.14. The minimum Gasteiger partial charge on any atom is -0.481 e. The molecule has 2 N–H and O–H groups in total. The fourth-order valence-electron chi connectivity index (χ4n) is 2.17. The Hall–Kier alpha value is -2.30. The first kappa shape index (κ1) is 17.1. The number of carbonyl (C=O) groups is 2. The van der Waals surface area contributed by atoms with Crippen LogP contribution in [0.1, 0.15) is 36.6 Å². The summed E-state index contributed by atoms with van der Waals surface area (Å²) in [6.07, 6.45) is -0.183. The normalized spacial score (nSPS) is 18.2. The van der Waals surface area contributed by atoms with Gasteiger partial charge in [-0.05, 0) is 31.9 Å². The van der Waals surface area contributed by atoms with Gasteiger partial charge in [-0.1, -0.05) is 5.92 Å². The topological polar surface area (TPSA) is 100 Å². The zero-order chi connectivity index (χ0) is 17.0. The zero-order valence-corrected chi connectivity index (χ0v) is 13.0. The summed E-state index contributed by atoms with van der Waals surface area (Å²) in [6.45, 7) is 3.93. The minimum absolute atomic E-state index is 0.0855. The highest BCUT2D eigenvalue weighted by atomic mass is 16.5. The number of carboxylic acids is 1. The molecule has 1 fully saturated rings. The zero-order valence-electron chi connectivity index (χ0n) is 13.0. The van der Waals surface area contributed by atoms with Gasteiger partial charge in [-0.15, -0.1) is 0 Å². The Morgan fingerprint density at radius 2 is 2.17 bits per heavy atom. The summed E-state index contributed by atoms with van der Waals surface area (Å²) in [5.41, 5.74) is -1.16. The van der Waals surface area contributed by atoms with E-state index in [4.69, 9.17) is 14.3 Å². The van der Waals surface area contributed by atoms with Gasteiger partial charge in [0.25, 0.3) is 5.91 Å². The van der Waals surface area contributed by atoms with E-state index in [1.54, 1.807) is 19.9 Å². The smallest absolute Gasteiger partial charge is 0.305 e. The van der Waals surface area contributed by atoms with Gasteiger partial charge in [-0.2, -0.15) is 0 Å². The van der Waals surface area contributed by atoms with E-state index >= 15 is 0 Å². The SMILES string of the molecule is CC(C)(O)C#Cc1ccc(C(=O)N2CCOC[C@@H]2CC(=O)O)o1. The second kappa shape index (κ2) is 6.86. The van der Waals surface area contributed by atoms with Crippen molar-refractivity contribution in [2.45, 2.75) is 31.9 Å². The lowest BCUT2D eigenvalue weighted by Gasteiger charge is -2.34. The Morgan fingerprint density at radius 1 is 1.43 bits per heavy atom. The molecule has 1 saturated heterocycles. The van der Waals surface area contributed by atoms with Crippen LogP contribution in [-0.4, -0.2) is 58.4 Å². The molecule has 7 nitrogen and oxygen atoms in total. The van der Waals surface area contributed by atoms with Gasteiger partial charge in [-0.25, -0.2) is 0 Å². The molecule has 0 saturated carbocycles. The molecule has 1 aliphatic rings. The van der Waals surface area contributed by atoms with Gasteiger partial charge < -0.3 is 24.3 Å². The van der Waals surface area contributed by atoms with E-state index in [0.717, 1.165) is 0 Å². The largest absolute Gasteiger partial charge is 0.481 e. The van der Waals surface area contributed by atoms with E-state index < -0.39 is 23.5 Å². The highest BCUT2D eigenvalue weighted by molar-refractivity contribution is 5.92. The summed E-state index contributed by atoms with van der Waals surface area (Å²) in [7, 11) is 0. The minimum atomic E-state index is -1.16. The van der Waals surface area contributed by atoms with E-state index in [0.29, 0.717) is 13.2 Å². The molecule has 0 bridgehead atoms. The van der Waals surface area contributed by atoms with Crippen molar-refractivity contribution in [3.8, 4) is 11.8 Å². The molecule has 1 atom stereocenters. The van der Waals surface area contributed by atoms with Gasteiger partial charge >= 0.3 is 5.97 Å². The van der Waals surface area contributed by atoms with Gasteiger partial charge in [0.2, 0.25) is 0 Å². The van der Waals surface area contributed by atoms with E-state index in [-0.39, 0.29) is 24.5 Å². The molecule has 0 spiro atoms. The number of morpholine rings is 1. The number of nitrogens with zero attached hydrogens (tertiary/aromatic N) is 1. The van der Waals surface area contributed by atoms with Gasteiger partial charge in [0.15, 0.2) is 11.5 Å². The molecule has 2 rings (SSSR count). The fourth-order valence-corrected chi connectivity index (χ4v) is 2.17. The summed E-state index contributed by atoms with van der Waals surface area (Å²) in [5, 5.41) is 18.5. The van der Waals surface area contributed by atoms with Crippen molar-refractivity contribution in [2.24, 2.45) is 0 Å². The van der Waals surface area contributed by atoms with Gasteiger partial charge in [0.1, 0.15) is 5.60 Å². The molecule has 0 radical (unpaired) electrons. The first-order chi connectivity index (χ1) is 10.8. The average Bonchev–Trinajstić information content (AvgIpc) is 2.92. The van der Waals surface area contributed by atoms with Crippen molar-refractivity contribution in [2.75, 3.05) is 19.8 Å². The standard InChI is InChI=1S/C16H19NO6/c1-16(2,21)6-5-12-3-4-13(23-12)15(20)17-7-8-22-10-11(17)9-14(18)19/h3-4,11,21H,7-10H2,1-2H3,(H,18,19)/t11-/m0/s1. The number of carboxylic acid groups (broad SMARTS) is 1. The predicted octanol–water partition coefficient (Wildman–Crippen LogP) is 0.718. The predicted molar refractivity (Wildman–Crippen MR) is 79.8 cm³/mol. The third kappa shape index (κ3) is 4.84. The number of hydrogen-bond acceptors (Lipinski definition) is 5. The number of carbonyl (C=O) groups excluding carboxylic acids is 1. The summed E-state index contributed by atoms with van der Waals surface area (Å²) < 4.78 is 10.6. The van der Waals surface area contributed by atoms with Crippen LogP contribution < -0.4 is 0 Å². The van der Waals surface area contributed by atoms with Crippen LogP contribution >= 0.6 is 0 Å². The van der Waals surface area contributed by atoms with Crippen LogP contribution in [0.4, 0.5) is 0 Å². The van der Waals surface area contributed by atoms with Gasteiger partial charge in [0, 0.05) is 6.54 Å². The molecule has 0 aromatic carbocycles. The molecule has 1 aliphatic heterocycles. The summed E-state index contributed by atoms with van der Waals surface area (Å²) in [5.74, 6) is 4.21. The van der Waals surface area contributed by atoms with Crippen molar-refractivity contribution in [1.29, 1.82) is 0 Å². The highest BCUT2D eigenvalue weighted by Crippen LogP contribution is 2.17. The molecule has 2 heterocycles. The van der Waals surface area contributed by atoms with Crippen LogP contribution in [0, 0.1) is 11.8 Å². The summed E-state index contributed by atoms with van der Waals surface area (Å²) >= 11 is 0. The van der Waals surface area contributed by atoms with Crippen LogP contribution in [0.5, 0.6) is 0 Å². The second-order valence-corrected chi connectivity index (χ2v) is 5.80. The number of rotatable bonds is 3. The Kier molecular flexibility index (Phi) is 5.08. The maximum Gasteiger partial charge on any atom is 0.305 e. The molecule has 0 aliphatic carbocycles. The molecule has 0 unspecified atom stereocenters. The van der Waals surface area contributed by atoms with E-state index in [9.17, 15) is 14.7 Å². The number of amides is 1. The molecule has 23 heavy (non-hydrogen) atoms. The Labute approximate surface area is 133 Å². The lowest BCUT2D eigenvalue weighted by Crippen LogP contribution is -2.49. The maximum atomic E-state index is 12.5. The fraction of sp³-hybridized carbons (Fsp3) is 0.500. The molecule has 7 heteroatoms. The molecular formula is C16H19NO6. The molecule has 124 valence electrons. The first-order valence-corrected chi connectivity index (χ1v) is 7.22. The van der Waals surface area contributed by atoms with Crippen LogP contribution in [0.2, 0.25) is 0 Å². The van der Waals surface area contributed by atoms with Crippen molar-refractivity contribution < 1.29 is 29.0 Å².